The summed E-state index contributed by atoms with van der Waals surface area (Å²) in [6, 6.07) is 9.71. The lowest BCUT2D eigenvalue weighted by Gasteiger charge is -2.02. The summed E-state index contributed by atoms with van der Waals surface area (Å²) in [5.74, 6) is 2.20. The lowest BCUT2D eigenvalue weighted by Crippen LogP contribution is -2.22. The van der Waals surface area contributed by atoms with Crippen LogP contribution in [0.1, 0.15) is 21.1 Å². The van der Waals surface area contributed by atoms with E-state index in [0.29, 0.717) is 17.2 Å². The number of hydrogen-bond acceptors (Lipinski definition) is 3. The smallest absolute Gasteiger partial charge is 0.280 e. The number of amides is 1. The molecule has 0 bridgehead atoms. The quantitative estimate of drug-likeness (QED) is 0.837. The van der Waals surface area contributed by atoms with Crippen molar-refractivity contribution in [1.29, 1.82) is 0 Å². The van der Waals surface area contributed by atoms with Gasteiger partial charge in [0, 0.05) is 11.9 Å². The Bertz CT molecular complexity index is 554. The van der Waals surface area contributed by atoms with Crippen LogP contribution in [-0.2, 0) is 6.54 Å². The number of carbonyl (C=O) groups excluding carboxylic acids is 1. The molecule has 2 aromatic rings. The van der Waals surface area contributed by atoms with E-state index >= 15 is 0 Å². The molecule has 0 atom stereocenters. The third-order valence-electron chi connectivity index (χ3n) is 2.14. The van der Waals surface area contributed by atoms with E-state index in [2.05, 4.69) is 16.2 Å². The number of rotatable bonds is 3. The Kier molecular flexibility index (Phi) is 3.53. The molecule has 0 saturated carbocycles. The molecule has 0 aliphatic heterocycles. The van der Waals surface area contributed by atoms with Gasteiger partial charge in [0.05, 0.1) is 0 Å². The van der Waals surface area contributed by atoms with Crippen LogP contribution in [0.25, 0.3) is 0 Å². The molecule has 17 heavy (non-hydrogen) atoms. The van der Waals surface area contributed by atoms with Gasteiger partial charge in [-0.05, 0) is 11.5 Å². The molecule has 1 N–H and O–H groups in total. The van der Waals surface area contributed by atoms with E-state index < -0.39 is 0 Å². The van der Waals surface area contributed by atoms with Gasteiger partial charge in [0.15, 0.2) is 5.01 Å². The van der Waals surface area contributed by atoms with Crippen molar-refractivity contribution < 1.29 is 4.79 Å². The highest BCUT2D eigenvalue weighted by Crippen LogP contribution is 2.08. The van der Waals surface area contributed by atoms with E-state index in [9.17, 15) is 4.79 Å². The van der Waals surface area contributed by atoms with Crippen LogP contribution in [-0.4, -0.2) is 10.9 Å². The minimum absolute atomic E-state index is 0.194. The van der Waals surface area contributed by atoms with Gasteiger partial charge in [-0.2, -0.15) is 0 Å². The zero-order chi connectivity index (χ0) is 12.1. The van der Waals surface area contributed by atoms with Crippen LogP contribution >= 0.6 is 11.3 Å². The predicted octanol–water partition coefficient (Wildman–Crippen LogP) is 2.05. The van der Waals surface area contributed by atoms with E-state index in [1.165, 1.54) is 11.3 Å². The molecule has 1 amide bonds. The van der Waals surface area contributed by atoms with Crippen LogP contribution in [0, 0.1) is 12.3 Å². The third kappa shape index (κ3) is 2.92. The summed E-state index contributed by atoms with van der Waals surface area (Å²) in [6.45, 7) is 0.491. The highest BCUT2D eigenvalue weighted by Gasteiger charge is 2.09. The molecule has 0 aliphatic carbocycles. The lowest BCUT2D eigenvalue weighted by atomic mass is 10.2. The van der Waals surface area contributed by atoms with Crippen LogP contribution in [0.15, 0.2) is 35.7 Å². The maximum atomic E-state index is 11.7. The van der Waals surface area contributed by atoms with Gasteiger partial charge in [0.25, 0.3) is 5.91 Å². The SMILES string of the molecule is C#Cc1csc(C(=O)NCc2ccccc2)n1. The second-order valence-electron chi connectivity index (χ2n) is 3.35. The Morgan fingerprint density at radius 2 is 2.18 bits per heavy atom. The van der Waals surface area contributed by atoms with Crippen molar-refractivity contribution >= 4 is 17.2 Å². The van der Waals surface area contributed by atoms with E-state index in [0.717, 1.165) is 5.56 Å². The Balaban J connectivity index is 1.96. The number of nitrogens with zero attached hydrogens (tertiary/aromatic N) is 1. The van der Waals surface area contributed by atoms with E-state index in [1.54, 1.807) is 5.38 Å². The van der Waals surface area contributed by atoms with Crippen molar-refractivity contribution in [3.05, 3.63) is 52.0 Å². The van der Waals surface area contributed by atoms with Gasteiger partial charge in [0.1, 0.15) is 5.69 Å². The molecule has 1 heterocycles. The summed E-state index contributed by atoms with van der Waals surface area (Å²) in [5, 5.41) is 4.88. The van der Waals surface area contributed by atoms with Crippen LogP contribution < -0.4 is 5.32 Å². The molecule has 0 radical (unpaired) electrons. The van der Waals surface area contributed by atoms with Crippen molar-refractivity contribution in [2.75, 3.05) is 0 Å². The molecule has 3 nitrogen and oxygen atoms in total. The zero-order valence-corrected chi connectivity index (χ0v) is 9.83. The molecule has 0 aliphatic rings. The van der Waals surface area contributed by atoms with Crippen molar-refractivity contribution in [3.63, 3.8) is 0 Å². The number of carbonyl (C=O) groups is 1. The number of hydrogen-bond donors (Lipinski definition) is 1. The number of terminal acetylenes is 1. The van der Waals surface area contributed by atoms with Gasteiger partial charge >= 0.3 is 0 Å². The molecule has 1 aromatic heterocycles. The van der Waals surface area contributed by atoms with Crippen LogP contribution in [0.4, 0.5) is 0 Å². The van der Waals surface area contributed by atoms with Gasteiger partial charge in [0.2, 0.25) is 0 Å². The Morgan fingerprint density at radius 3 is 2.82 bits per heavy atom. The summed E-state index contributed by atoms with van der Waals surface area (Å²) in [4.78, 5) is 15.7. The molecule has 4 heteroatoms. The first-order valence-corrected chi connectivity index (χ1v) is 5.92. The van der Waals surface area contributed by atoms with E-state index in [4.69, 9.17) is 6.42 Å². The molecular weight excluding hydrogens is 232 g/mol. The minimum atomic E-state index is -0.194. The molecule has 84 valence electrons. The summed E-state index contributed by atoms with van der Waals surface area (Å²) >= 11 is 1.25. The average Bonchev–Trinajstić information content (AvgIpc) is 2.86. The van der Waals surface area contributed by atoms with E-state index in [1.807, 2.05) is 30.3 Å². The minimum Gasteiger partial charge on any atom is -0.346 e. The monoisotopic (exact) mass is 242 g/mol. The average molecular weight is 242 g/mol. The standard InChI is InChI=1S/C13H10N2OS/c1-2-11-9-17-13(15-11)12(16)14-8-10-6-4-3-5-7-10/h1,3-7,9H,8H2,(H,14,16). The Morgan fingerprint density at radius 1 is 1.41 bits per heavy atom. The van der Waals surface area contributed by atoms with Gasteiger partial charge in [-0.15, -0.1) is 17.8 Å². The fraction of sp³-hybridized carbons (Fsp3) is 0.0769. The van der Waals surface area contributed by atoms with Crippen LogP contribution in [0.2, 0.25) is 0 Å². The molecule has 0 unspecified atom stereocenters. The van der Waals surface area contributed by atoms with E-state index in [-0.39, 0.29) is 5.91 Å². The van der Waals surface area contributed by atoms with Gasteiger partial charge in [-0.25, -0.2) is 4.98 Å². The second-order valence-corrected chi connectivity index (χ2v) is 4.21. The van der Waals surface area contributed by atoms with Crippen molar-refractivity contribution in [2.45, 2.75) is 6.54 Å². The molecule has 2 rings (SSSR count). The first kappa shape index (κ1) is 11.4. The maximum absolute atomic E-state index is 11.7. The van der Waals surface area contributed by atoms with Crippen LogP contribution in [0.3, 0.4) is 0 Å². The largest absolute Gasteiger partial charge is 0.346 e. The lowest BCUT2D eigenvalue weighted by molar-refractivity contribution is 0.0950. The molecule has 1 aromatic carbocycles. The summed E-state index contributed by atoms with van der Waals surface area (Å²) in [5.41, 5.74) is 1.55. The van der Waals surface area contributed by atoms with Crippen molar-refractivity contribution in [3.8, 4) is 12.3 Å². The molecule has 0 spiro atoms. The molecule has 0 saturated heterocycles. The molecule has 0 fully saturated rings. The maximum Gasteiger partial charge on any atom is 0.280 e. The van der Waals surface area contributed by atoms with Crippen molar-refractivity contribution in [1.82, 2.24) is 10.3 Å². The summed E-state index contributed by atoms with van der Waals surface area (Å²) < 4.78 is 0. The predicted molar refractivity (Wildman–Crippen MR) is 67.7 cm³/mol. The normalized spacial score (nSPS) is 9.59. The Labute approximate surface area is 104 Å². The highest BCUT2D eigenvalue weighted by atomic mass is 32.1. The first-order valence-electron chi connectivity index (χ1n) is 5.04. The number of thiazole rings is 1. The highest BCUT2D eigenvalue weighted by molar-refractivity contribution is 7.11. The third-order valence-corrected chi connectivity index (χ3v) is 2.98. The number of aromatic nitrogens is 1. The van der Waals surface area contributed by atoms with Crippen molar-refractivity contribution in [2.24, 2.45) is 0 Å². The summed E-state index contributed by atoms with van der Waals surface area (Å²) in [7, 11) is 0. The fourth-order valence-electron chi connectivity index (χ4n) is 1.30. The van der Waals surface area contributed by atoms with Gasteiger partial charge in [-0.1, -0.05) is 30.3 Å². The number of nitrogens with one attached hydrogen (secondary N) is 1. The topological polar surface area (TPSA) is 42.0 Å². The second kappa shape index (κ2) is 5.28. The zero-order valence-electron chi connectivity index (χ0n) is 9.01. The fourth-order valence-corrected chi connectivity index (χ4v) is 1.97. The van der Waals surface area contributed by atoms with Gasteiger partial charge in [-0.3, -0.25) is 4.79 Å². The first-order chi connectivity index (χ1) is 8.29. The number of benzene rings is 1. The summed E-state index contributed by atoms with van der Waals surface area (Å²) in [6.07, 6.45) is 5.19. The molecular formula is C13H10N2OS. The Hall–Kier alpha value is -2.12. The van der Waals surface area contributed by atoms with Crippen LogP contribution in [0.5, 0.6) is 0 Å². The van der Waals surface area contributed by atoms with Gasteiger partial charge < -0.3 is 5.32 Å².